The van der Waals surface area contributed by atoms with Crippen LogP contribution in [0, 0.1) is 13.8 Å². The van der Waals surface area contributed by atoms with E-state index in [1.807, 2.05) is 0 Å². The lowest BCUT2D eigenvalue weighted by Crippen LogP contribution is -2.30. The Balaban J connectivity index is 2.70. The van der Waals surface area contributed by atoms with Crippen molar-refractivity contribution in [2.75, 3.05) is 20.6 Å². The Hall–Kier alpha value is -1.41. The van der Waals surface area contributed by atoms with Crippen LogP contribution in [0.5, 0.6) is 0 Å². The number of aromatic nitrogens is 2. The van der Waals surface area contributed by atoms with Gasteiger partial charge in [-0.1, -0.05) is 0 Å². The lowest BCUT2D eigenvalue weighted by Gasteiger charge is -2.10. The summed E-state index contributed by atoms with van der Waals surface area (Å²) in [5.41, 5.74) is 0.901. The fourth-order valence-corrected chi connectivity index (χ4v) is 2.92. The molecule has 0 aliphatic heterocycles. The van der Waals surface area contributed by atoms with Gasteiger partial charge in [-0.25, -0.2) is 13.1 Å². The summed E-state index contributed by atoms with van der Waals surface area (Å²) in [5, 5.41) is 6.45. The minimum Gasteiger partial charge on any atom is -0.349 e. The maximum atomic E-state index is 12.0. The Morgan fingerprint density at radius 1 is 1.39 bits per heavy atom. The van der Waals surface area contributed by atoms with Crippen LogP contribution in [0.2, 0.25) is 0 Å². The van der Waals surface area contributed by atoms with Crippen molar-refractivity contribution in [1.82, 2.24) is 19.8 Å². The van der Waals surface area contributed by atoms with Gasteiger partial charge in [-0.15, -0.1) is 0 Å². The van der Waals surface area contributed by atoms with Gasteiger partial charge in [0.05, 0.1) is 11.4 Å². The molecule has 1 amide bonds. The molecule has 0 saturated carbocycles. The largest absolute Gasteiger partial charge is 0.349 e. The second-order valence-electron chi connectivity index (χ2n) is 4.20. The average molecular weight is 274 g/mol. The molecular formula is C10H18N4O3S. The molecule has 102 valence electrons. The Bertz CT molecular complexity index is 514. The molecule has 0 atom stereocenters. The first kappa shape index (κ1) is 14.7. The summed E-state index contributed by atoms with van der Waals surface area (Å²) in [6.45, 7) is 3.33. The molecule has 18 heavy (non-hydrogen) atoms. The van der Waals surface area contributed by atoms with Crippen molar-refractivity contribution in [3.63, 3.8) is 0 Å². The number of sulfonamides is 1. The molecule has 0 unspecified atom stereocenters. The van der Waals surface area contributed by atoms with Crippen molar-refractivity contribution in [1.29, 1.82) is 0 Å². The van der Waals surface area contributed by atoms with Crippen LogP contribution in [0.1, 0.15) is 17.8 Å². The number of rotatable bonds is 5. The first-order chi connectivity index (χ1) is 8.25. The van der Waals surface area contributed by atoms with Crippen LogP contribution >= 0.6 is 0 Å². The summed E-state index contributed by atoms with van der Waals surface area (Å²) in [7, 11) is -0.362. The lowest BCUT2D eigenvalue weighted by molar-refractivity contribution is -0.128. The van der Waals surface area contributed by atoms with Gasteiger partial charge in [-0.2, -0.15) is 5.10 Å². The predicted octanol–water partition coefficient (Wildman–Crippen LogP) is -0.217. The summed E-state index contributed by atoms with van der Waals surface area (Å²) >= 11 is 0. The number of nitrogens with zero attached hydrogens (tertiary/aromatic N) is 2. The zero-order valence-electron chi connectivity index (χ0n) is 10.9. The van der Waals surface area contributed by atoms with Gasteiger partial charge in [0.1, 0.15) is 4.90 Å². The molecule has 0 spiro atoms. The average Bonchev–Trinajstić information content (AvgIpc) is 2.58. The third kappa shape index (κ3) is 3.30. The molecule has 1 rings (SSSR count). The Morgan fingerprint density at radius 3 is 2.44 bits per heavy atom. The van der Waals surface area contributed by atoms with Gasteiger partial charge in [-0.05, 0) is 13.8 Å². The molecule has 0 saturated heterocycles. The number of aromatic amines is 1. The monoisotopic (exact) mass is 274 g/mol. The van der Waals surface area contributed by atoms with Crippen LogP contribution in [0.3, 0.4) is 0 Å². The number of hydrogen-bond acceptors (Lipinski definition) is 4. The fourth-order valence-electron chi connectivity index (χ4n) is 1.52. The summed E-state index contributed by atoms with van der Waals surface area (Å²) in [4.78, 5) is 12.9. The van der Waals surface area contributed by atoms with E-state index in [1.165, 1.54) is 4.90 Å². The number of hydrogen-bond donors (Lipinski definition) is 2. The second kappa shape index (κ2) is 5.49. The molecular weight excluding hydrogens is 256 g/mol. The second-order valence-corrected chi connectivity index (χ2v) is 5.90. The van der Waals surface area contributed by atoms with Crippen LogP contribution in [0.15, 0.2) is 4.90 Å². The highest BCUT2D eigenvalue weighted by atomic mass is 32.2. The highest BCUT2D eigenvalue weighted by Gasteiger charge is 2.21. The fraction of sp³-hybridized carbons (Fsp3) is 0.600. The highest BCUT2D eigenvalue weighted by molar-refractivity contribution is 7.89. The van der Waals surface area contributed by atoms with Gasteiger partial charge in [0, 0.05) is 27.1 Å². The molecule has 2 N–H and O–H groups in total. The molecule has 0 aliphatic carbocycles. The number of H-pyrrole nitrogens is 1. The minimum absolute atomic E-state index is 0.0728. The molecule has 0 radical (unpaired) electrons. The summed E-state index contributed by atoms with van der Waals surface area (Å²) in [6, 6.07) is 0. The first-order valence-electron chi connectivity index (χ1n) is 5.47. The van der Waals surface area contributed by atoms with Crippen LogP contribution in [-0.2, 0) is 14.8 Å². The standard InChI is InChI=1S/C10H18N4O3S/c1-7-10(8(2)13-12-7)18(16,17)11-6-5-9(15)14(3)4/h11H,5-6H2,1-4H3,(H,12,13). The van der Waals surface area contributed by atoms with E-state index in [-0.39, 0.29) is 23.8 Å². The lowest BCUT2D eigenvalue weighted by atomic mass is 10.4. The van der Waals surface area contributed by atoms with Crippen molar-refractivity contribution in [2.45, 2.75) is 25.2 Å². The van der Waals surface area contributed by atoms with Crippen molar-refractivity contribution in [2.24, 2.45) is 0 Å². The van der Waals surface area contributed by atoms with E-state index < -0.39 is 10.0 Å². The topological polar surface area (TPSA) is 95.2 Å². The molecule has 1 aromatic heterocycles. The number of nitrogens with one attached hydrogen (secondary N) is 2. The number of aryl methyl sites for hydroxylation is 2. The molecule has 0 fully saturated rings. The predicted molar refractivity (Wildman–Crippen MR) is 66.6 cm³/mol. The molecule has 0 aromatic carbocycles. The first-order valence-corrected chi connectivity index (χ1v) is 6.95. The van der Waals surface area contributed by atoms with Crippen LogP contribution in [0.4, 0.5) is 0 Å². The van der Waals surface area contributed by atoms with Gasteiger partial charge in [0.25, 0.3) is 0 Å². The van der Waals surface area contributed by atoms with Crippen molar-refractivity contribution < 1.29 is 13.2 Å². The van der Waals surface area contributed by atoms with Crippen molar-refractivity contribution >= 4 is 15.9 Å². The quantitative estimate of drug-likeness (QED) is 0.776. The van der Waals surface area contributed by atoms with Gasteiger partial charge < -0.3 is 4.90 Å². The Morgan fingerprint density at radius 2 is 2.00 bits per heavy atom. The Labute approximate surface area is 107 Å². The molecule has 7 nitrogen and oxygen atoms in total. The van der Waals surface area contributed by atoms with E-state index in [4.69, 9.17) is 0 Å². The molecule has 8 heteroatoms. The van der Waals surface area contributed by atoms with E-state index in [1.54, 1.807) is 27.9 Å². The van der Waals surface area contributed by atoms with Gasteiger partial charge in [0.15, 0.2) is 0 Å². The Kier molecular flexibility index (Phi) is 4.47. The van der Waals surface area contributed by atoms with Crippen LogP contribution in [0.25, 0.3) is 0 Å². The van der Waals surface area contributed by atoms with Crippen molar-refractivity contribution in [3.05, 3.63) is 11.4 Å². The van der Waals surface area contributed by atoms with E-state index in [9.17, 15) is 13.2 Å². The van der Waals surface area contributed by atoms with E-state index in [2.05, 4.69) is 14.9 Å². The number of carbonyl (C=O) groups is 1. The molecule has 1 aromatic rings. The summed E-state index contributed by atoms with van der Waals surface area (Å²) in [6.07, 6.45) is 0.127. The molecule has 0 aliphatic rings. The summed E-state index contributed by atoms with van der Waals surface area (Å²) in [5.74, 6) is -0.127. The number of carbonyl (C=O) groups excluding carboxylic acids is 1. The van der Waals surface area contributed by atoms with E-state index in [0.717, 1.165) is 0 Å². The zero-order chi connectivity index (χ0) is 13.9. The molecule has 1 heterocycles. The van der Waals surface area contributed by atoms with Gasteiger partial charge in [0.2, 0.25) is 15.9 Å². The van der Waals surface area contributed by atoms with Gasteiger partial charge in [-0.3, -0.25) is 9.89 Å². The number of amides is 1. The summed E-state index contributed by atoms with van der Waals surface area (Å²) < 4.78 is 26.4. The minimum atomic E-state index is -3.61. The zero-order valence-corrected chi connectivity index (χ0v) is 11.8. The van der Waals surface area contributed by atoms with E-state index >= 15 is 0 Å². The van der Waals surface area contributed by atoms with Gasteiger partial charge >= 0.3 is 0 Å². The van der Waals surface area contributed by atoms with Crippen LogP contribution < -0.4 is 4.72 Å². The maximum Gasteiger partial charge on any atom is 0.244 e. The van der Waals surface area contributed by atoms with E-state index in [0.29, 0.717) is 11.4 Å². The normalized spacial score (nSPS) is 11.6. The SMILES string of the molecule is Cc1n[nH]c(C)c1S(=O)(=O)NCCC(=O)N(C)C. The van der Waals surface area contributed by atoms with Crippen molar-refractivity contribution in [3.8, 4) is 0 Å². The maximum absolute atomic E-state index is 12.0. The third-order valence-electron chi connectivity index (χ3n) is 2.46. The smallest absolute Gasteiger partial charge is 0.244 e. The third-order valence-corrected chi connectivity index (χ3v) is 4.18. The molecule has 0 bridgehead atoms. The van der Waals surface area contributed by atoms with Crippen LogP contribution in [-0.4, -0.2) is 50.1 Å². The highest BCUT2D eigenvalue weighted by Crippen LogP contribution is 2.15.